The van der Waals surface area contributed by atoms with Gasteiger partial charge in [0.2, 0.25) is 5.91 Å². The van der Waals surface area contributed by atoms with Crippen molar-refractivity contribution < 1.29 is 14.0 Å². The van der Waals surface area contributed by atoms with Crippen LogP contribution < -0.4 is 11.1 Å². The number of nitrogens with one attached hydrogen (secondary N) is 1. The lowest BCUT2D eigenvalue weighted by Crippen LogP contribution is -2.35. The molecule has 1 aliphatic rings. The molecule has 2 aromatic carbocycles. The third kappa shape index (κ3) is 4.54. The van der Waals surface area contributed by atoms with E-state index in [0.29, 0.717) is 11.1 Å². The highest BCUT2D eigenvalue weighted by molar-refractivity contribution is 6.35. The number of benzene rings is 2. The summed E-state index contributed by atoms with van der Waals surface area (Å²) in [6, 6.07) is 11.2. The van der Waals surface area contributed by atoms with Crippen LogP contribution in [0.25, 0.3) is 0 Å². The number of carbonyl (C=O) groups is 2. The fourth-order valence-corrected chi connectivity index (χ4v) is 3.56. The summed E-state index contributed by atoms with van der Waals surface area (Å²) in [5, 5.41) is 3.39. The first-order chi connectivity index (χ1) is 12.9. The molecular weight excluding hydrogens is 367 g/mol. The zero-order valence-electron chi connectivity index (χ0n) is 15.0. The first-order valence-corrected chi connectivity index (χ1v) is 9.38. The number of ketones is 1. The molecule has 6 heteroatoms. The molecule has 2 aromatic rings. The molecule has 0 spiro atoms. The Balaban J connectivity index is 1.95. The third-order valence-electron chi connectivity index (χ3n) is 4.78. The molecule has 27 heavy (non-hydrogen) atoms. The SMILES string of the molecule is C[C@H](CC(N)=O)NC(c1ccc(Cl)c(C(=O)c2ccccc2)c1F)C1CC1. The molecule has 1 aliphatic carbocycles. The Bertz CT molecular complexity index is 853. The zero-order chi connectivity index (χ0) is 19.6. The highest BCUT2D eigenvalue weighted by atomic mass is 35.5. The van der Waals surface area contributed by atoms with Crippen molar-refractivity contribution in [2.75, 3.05) is 0 Å². The first-order valence-electron chi connectivity index (χ1n) is 9.00. The standard InChI is InChI=1S/C21H22ClFN2O2/c1-12(11-17(24)26)25-20(13-7-8-13)15-9-10-16(22)18(19(15)23)21(27)14-5-3-2-4-6-14/h2-6,9-10,12-13,20,25H,7-8,11H2,1H3,(H2,24,26)/t12-,20?/m1/s1. The predicted octanol–water partition coefficient (Wildman–Crippen LogP) is 4.01. The van der Waals surface area contributed by atoms with Gasteiger partial charge in [-0.1, -0.05) is 48.0 Å². The molecule has 0 radical (unpaired) electrons. The Morgan fingerprint density at radius 1 is 1.22 bits per heavy atom. The van der Waals surface area contributed by atoms with Crippen LogP contribution >= 0.6 is 11.6 Å². The van der Waals surface area contributed by atoms with Gasteiger partial charge in [0, 0.05) is 29.6 Å². The van der Waals surface area contributed by atoms with Crippen molar-refractivity contribution >= 4 is 23.3 Å². The van der Waals surface area contributed by atoms with Gasteiger partial charge in [-0.05, 0) is 31.7 Å². The van der Waals surface area contributed by atoms with Crippen molar-refractivity contribution in [2.45, 2.75) is 38.3 Å². The lowest BCUT2D eigenvalue weighted by atomic mass is 9.94. The van der Waals surface area contributed by atoms with E-state index in [2.05, 4.69) is 5.32 Å². The van der Waals surface area contributed by atoms with Crippen molar-refractivity contribution in [3.63, 3.8) is 0 Å². The molecule has 4 nitrogen and oxygen atoms in total. The summed E-state index contributed by atoms with van der Waals surface area (Å²) in [6.07, 6.45) is 2.09. The van der Waals surface area contributed by atoms with E-state index < -0.39 is 17.5 Å². The number of primary amides is 1. The van der Waals surface area contributed by atoms with Crippen LogP contribution in [0.5, 0.6) is 0 Å². The average Bonchev–Trinajstić information content (AvgIpc) is 3.45. The largest absolute Gasteiger partial charge is 0.370 e. The van der Waals surface area contributed by atoms with Crippen LogP contribution in [0.4, 0.5) is 4.39 Å². The molecule has 1 fully saturated rings. The summed E-state index contributed by atoms with van der Waals surface area (Å²) in [7, 11) is 0. The Morgan fingerprint density at radius 3 is 2.48 bits per heavy atom. The van der Waals surface area contributed by atoms with Crippen LogP contribution in [0, 0.1) is 11.7 Å². The van der Waals surface area contributed by atoms with Crippen molar-refractivity contribution in [3.05, 3.63) is 70.0 Å². The van der Waals surface area contributed by atoms with Gasteiger partial charge in [0.1, 0.15) is 5.82 Å². The van der Waals surface area contributed by atoms with Gasteiger partial charge < -0.3 is 11.1 Å². The van der Waals surface area contributed by atoms with Crippen molar-refractivity contribution in [1.82, 2.24) is 5.32 Å². The van der Waals surface area contributed by atoms with Crippen molar-refractivity contribution in [1.29, 1.82) is 0 Å². The van der Waals surface area contributed by atoms with Gasteiger partial charge >= 0.3 is 0 Å². The first kappa shape index (κ1) is 19.5. The molecule has 1 unspecified atom stereocenters. The quantitative estimate of drug-likeness (QED) is 0.671. The van der Waals surface area contributed by atoms with E-state index in [0.717, 1.165) is 12.8 Å². The summed E-state index contributed by atoms with van der Waals surface area (Å²) < 4.78 is 15.4. The maximum absolute atomic E-state index is 15.4. The fraction of sp³-hybridized carbons (Fsp3) is 0.333. The molecule has 142 valence electrons. The molecule has 0 aliphatic heterocycles. The van der Waals surface area contributed by atoms with Gasteiger partial charge in [-0.15, -0.1) is 0 Å². The van der Waals surface area contributed by atoms with Gasteiger partial charge in [-0.2, -0.15) is 0 Å². The van der Waals surface area contributed by atoms with E-state index in [1.807, 2.05) is 6.92 Å². The average molecular weight is 389 g/mol. The van der Waals surface area contributed by atoms with Crippen molar-refractivity contribution in [3.8, 4) is 0 Å². The van der Waals surface area contributed by atoms with E-state index in [4.69, 9.17) is 17.3 Å². The summed E-state index contributed by atoms with van der Waals surface area (Å²) in [6.45, 7) is 1.84. The fourth-order valence-electron chi connectivity index (χ4n) is 3.33. The van der Waals surface area contributed by atoms with E-state index in [-0.39, 0.29) is 35.0 Å². The summed E-state index contributed by atoms with van der Waals surface area (Å²) in [5.41, 5.74) is 5.93. The van der Waals surface area contributed by atoms with Crippen LogP contribution in [0.2, 0.25) is 5.02 Å². The molecule has 0 heterocycles. The van der Waals surface area contributed by atoms with Gasteiger partial charge in [0.05, 0.1) is 10.6 Å². The minimum Gasteiger partial charge on any atom is -0.370 e. The highest BCUT2D eigenvalue weighted by Gasteiger charge is 2.36. The van der Waals surface area contributed by atoms with Gasteiger partial charge in [-0.25, -0.2) is 4.39 Å². The molecular formula is C21H22ClFN2O2. The summed E-state index contributed by atoms with van der Waals surface area (Å²) in [4.78, 5) is 24.0. The van der Waals surface area contributed by atoms with Crippen molar-refractivity contribution in [2.24, 2.45) is 11.7 Å². The lowest BCUT2D eigenvalue weighted by molar-refractivity contribution is -0.118. The number of nitrogens with two attached hydrogens (primary N) is 1. The molecule has 2 atom stereocenters. The van der Waals surface area contributed by atoms with Crippen LogP contribution in [-0.2, 0) is 4.79 Å². The molecule has 3 N–H and O–H groups in total. The maximum atomic E-state index is 15.4. The molecule has 0 saturated heterocycles. The molecule has 0 aromatic heterocycles. The molecule has 3 rings (SSSR count). The Hall–Kier alpha value is -2.24. The molecule has 1 amide bonds. The second-order valence-electron chi connectivity index (χ2n) is 7.07. The number of hydrogen-bond donors (Lipinski definition) is 2. The predicted molar refractivity (Wildman–Crippen MR) is 103 cm³/mol. The Labute approximate surface area is 162 Å². The molecule has 1 saturated carbocycles. The normalized spacial score (nSPS) is 16.0. The van der Waals surface area contributed by atoms with E-state index in [9.17, 15) is 9.59 Å². The van der Waals surface area contributed by atoms with Gasteiger partial charge in [0.25, 0.3) is 0 Å². The van der Waals surface area contributed by atoms with E-state index >= 15 is 4.39 Å². The maximum Gasteiger partial charge on any atom is 0.218 e. The van der Waals surface area contributed by atoms with E-state index in [1.165, 1.54) is 0 Å². The van der Waals surface area contributed by atoms with Gasteiger partial charge in [-0.3, -0.25) is 9.59 Å². The number of amides is 1. The van der Waals surface area contributed by atoms with Crippen LogP contribution in [0.1, 0.15) is 53.7 Å². The summed E-state index contributed by atoms with van der Waals surface area (Å²) in [5.74, 6) is -1.21. The Kier molecular flexibility index (Phi) is 5.92. The number of hydrogen-bond acceptors (Lipinski definition) is 3. The number of carbonyl (C=O) groups excluding carboxylic acids is 2. The third-order valence-corrected chi connectivity index (χ3v) is 5.10. The lowest BCUT2D eigenvalue weighted by Gasteiger charge is -2.24. The minimum absolute atomic E-state index is 0.0878. The highest BCUT2D eigenvalue weighted by Crippen LogP contribution is 2.43. The Morgan fingerprint density at radius 2 is 1.89 bits per heavy atom. The second-order valence-corrected chi connectivity index (χ2v) is 7.48. The van der Waals surface area contributed by atoms with Crippen LogP contribution in [-0.4, -0.2) is 17.7 Å². The topological polar surface area (TPSA) is 72.2 Å². The minimum atomic E-state index is -0.605. The molecule has 0 bridgehead atoms. The number of halogens is 2. The van der Waals surface area contributed by atoms with Crippen LogP contribution in [0.15, 0.2) is 42.5 Å². The second kappa shape index (κ2) is 8.19. The summed E-state index contributed by atoms with van der Waals surface area (Å²) >= 11 is 6.18. The van der Waals surface area contributed by atoms with Crippen LogP contribution in [0.3, 0.4) is 0 Å². The number of rotatable bonds is 8. The monoisotopic (exact) mass is 388 g/mol. The smallest absolute Gasteiger partial charge is 0.218 e. The van der Waals surface area contributed by atoms with E-state index in [1.54, 1.807) is 42.5 Å². The van der Waals surface area contributed by atoms with Gasteiger partial charge in [0.15, 0.2) is 5.78 Å². The zero-order valence-corrected chi connectivity index (χ0v) is 15.8.